The number of oxime groups is 1. The number of amides is 1. The van der Waals surface area contributed by atoms with Gasteiger partial charge in [-0.25, -0.2) is 4.99 Å². The number of hydrogen-bond donors (Lipinski definition) is 2. The van der Waals surface area contributed by atoms with Gasteiger partial charge >= 0.3 is 5.97 Å². The number of esters is 1. The molecule has 15 heteroatoms. The van der Waals surface area contributed by atoms with E-state index in [9.17, 15) is 24.6 Å². The van der Waals surface area contributed by atoms with Gasteiger partial charge in [-0.2, -0.15) is 0 Å². The summed E-state index contributed by atoms with van der Waals surface area (Å²) >= 11 is 0. The molecule has 1 amide bonds. The second-order valence-electron chi connectivity index (χ2n) is 17.7. The minimum absolute atomic E-state index is 0.116. The molecule has 1 aromatic carbocycles. The summed E-state index contributed by atoms with van der Waals surface area (Å²) in [5, 5.41) is 29.4. The lowest BCUT2D eigenvalue weighted by Gasteiger charge is -2.47. The van der Waals surface area contributed by atoms with E-state index < -0.39 is 89.3 Å². The number of Topliss-reactive ketones (excluding diaryl/α,β-unsaturated/α-hetero) is 1. The van der Waals surface area contributed by atoms with Crippen molar-refractivity contribution >= 4 is 40.0 Å². The van der Waals surface area contributed by atoms with Crippen LogP contribution in [-0.2, 0) is 49.3 Å². The van der Waals surface area contributed by atoms with Crippen molar-refractivity contribution in [3.63, 3.8) is 0 Å². The molecule has 4 aliphatic rings. The molecule has 1 aromatic heterocycles. The molecule has 1 unspecified atom stereocenters. The number of ether oxygens (including phenoxy) is 5. The van der Waals surface area contributed by atoms with Crippen LogP contribution in [0.2, 0.25) is 0 Å². The number of pyridine rings is 1. The van der Waals surface area contributed by atoms with E-state index in [0.717, 1.165) is 16.5 Å². The van der Waals surface area contributed by atoms with Crippen LogP contribution in [0.1, 0.15) is 80.2 Å². The number of aromatic nitrogens is 1. The molecule has 0 aliphatic carbocycles. The lowest BCUT2D eigenvalue weighted by atomic mass is 9.73. The maximum absolute atomic E-state index is 14.5. The van der Waals surface area contributed by atoms with Gasteiger partial charge in [-0.3, -0.25) is 19.4 Å². The van der Waals surface area contributed by atoms with Gasteiger partial charge in [-0.05, 0) is 84.7 Å². The van der Waals surface area contributed by atoms with E-state index >= 15 is 0 Å². The number of aliphatic hydroxyl groups excluding tert-OH is 1. The zero-order valence-electron chi connectivity index (χ0n) is 36.0. The van der Waals surface area contributed by atoms with E-state index in [0.29, 0.717) is 12.1 Å². The monoisotopic (exact) mass is 822 g/mol. The summed E-state index contributed by atoms with van der Waals surface area (Å²) in [5.74, 6) is -5.44. The maximum Gasteiger partial charge on any atom is 0.316 e. The number of aliphatic hydroxyl groups is 2. The third-order valence-electron chi connectivity index (χ3n) is 12.7. The van der Waals surface area contributed by atoms with Crippen molar-refractivity contribution in [2.75, 3.05) is 27.3 Å². The zero-order chi connectivity index (χ0) is 43.0. The van der Waals surface area contributed by atoms with Crippen LogP contribution in [0.3, 0.4) is 0 Å². The molecule has 324 valence electrons. The smallest absolute Gasteiger partial charge is 0.316 e. The van der Waals surface area contributed by atoms with E-state index in [1.165, 1.54) is 13.8 Å². The zero-order valence-corrected chi connectivity index (χ0v) is 36.0. The lowest BCUT2D eigenvalue weighted by molar-refractivity contribution is -0.296. The van der Waals surface area contributed by atoms with Crippen molar-refractivity contribution in [3.8, 4) is 0 Å². The molecule has 0 saturated carbocycles. The molecular weight excluding hydrogens is 761 g/mol. The Morgan fingerprint density at radius 1 is 1.02 bits per heavy atom. The van der Waals surface area contributed by atoms with Crippen molar-refractivity contribution < 1.29 is 53.1 Å². The predicted molar refractivity (Wildman–Crippen MR) is 219 cm³/mol. The summed E-state index contributed by atoms with van der Waals surface area (Å²) in [7, 11) is 3.74. The molecule has 0 spiro atoms. The number of benzene rings is 1. The van der Waals surface area contributed by atoms with Gasteiger partial charge < -0.3 is 43.6 Å². The summed E-state index contributed by atoms with van der Waals surface area (Å²) in [6, 6.07) is 9.32. The first-order chi connectivity index (χ1) is 27.8. The number of aliphatic imine (C=N–C) groups is 1. The summed E-state index contributed by atoms with van der Waals surface area (Å²) in [4.78, 5) is 60.2. The van der Waals surface area contributed by atoms with Crippen LogP contribution in [0.15, 0.2) is 46.7 Å². The molecule has 4 bridgehead atoms. The molecule has 6 rings (SSSR count). The highest BCUT2D eigenvalue weighted by Crippen LogP contribution is 2.40. The second-order valence-corrected chi connectivity index (χ2v) is 17.7. The molecule has 5 heterocycles. The van der Waals surface area contributed by atoms with E-state index in [-0.39, 0.29) is 50.3 Å². The van der Waals surface area contributed by atoms with E-state index in [1.54, 1.807) is 27.0 Å². The quantitative estimate of drug-likeness (QED) is 0.314. The Morgan fingerprint density at radius 3 is 2.46 bits per heavy atom. The van der Waals surface area contributed by atoms with Gasteiger partial charge in [0.15, 0.2) is 12.1 Å². The third-order valence-corrected chi connectivity index (χ3v) is 12.7. The molecular formula is C44H62N4O11. The summed E-state index contributed by atoms with van der Waals surface area (Å²) in [6.45, 7) is 13.5. The Balaban J connectivity index is 1.50. The Labute approximate surface area is 346 Å². The number of para-hydroxylation sites is 1. The average Bonchev–Trinajstić information content (AvgIpc) is 3.22. The number of nitrogens with zero attached hydrogens (tertiary/aromatic N) is 4. The van der Waals surface area contributed by atoms with Crippen LogP contribution in [0.4, 0.5) is 0 Å². The van der Waals surface area contributed by atoms with Crippen molar-refractivity contribution in [3.05, 3.63) is 42.1 Å². The van der Waals surface area contributed by atoms with Gasteiger partial charge in [-0.1, -0.05) is 51.0 Å². The highest BCUT2D eigenvalue weighted by Gasteiger charge is 2.53. The van der Waals surface area contributed by atoms with Crippen molar-refractivity contribution in [1.82, 2.24) is 9.88 Å². The first-order valence-corrected chi connectivity index (χ1v) is 20.9. The third kappa shape index (κ3) is 9.46. The number of carbonyl (C=O) groups is 3. The normalized spacial score (nSPS) is 40.0. The molecule has 59 heavy (non-hydrogen) atoms. The van der Waals surface area contributed by atoms with E-state index in [2.05, 4.69) is 10.1 Å². The molecule has 3 fully saturated rings. The van der Waals surface area contributed by atoms with E-state index in [1.807, 2.05) is 70.1 Å². The Hall–Kier alpha value is -3.70. The van der Waals surface area contributed by atoms with Crippen LogP contribution in [0, 0.1) is 23.7 Å². The summed E-state index contributed by atoms with van der Waals surface area (Å²) in [6.07, 6.45) is -4.31. The number of hydrogen-bond acceptors (Lipinski definition) is 14. The van der Waals surface area contributed by atoms with Crippen molar-refractivity contribution in [2.45, 2.75) is 141 Å². The van der Waals surface area contributed by atoms with Gasteiger partial charge in [0.05, 0.1) is 42.6 Å². The average molecular weight is 823 g/mol. The molecule has 4 aliphatic heterocycles. The molecule has 3 saturated heterocycles. The van der Waals surface area contributed by atoms with Crippen molar-refractivity contribution in [1.29, 1.82) is 0 Å². The van der Waals surface area contributed by atoms with Crippen LogP contribution in [0.25, 0.3) is 10.9 Å². The Kier molecular flexibility index (Phi) is 13.8. The highest BCUT2D eigenvalue weighted by atomic mass is 16.7. The fourth-order valence-electron chi connectivity index (χ4n) is 9.37. The van der Waals surface area contributed by atoms with Crippen LogP contribution < -0.4 is 0 Å². The van der Waals surface area contributed by atoms with Crippen molar-refractivity contribution in [2.24, 2.45) is 33.8 Å². The largest absolute Gasteiger partial charge is 0.459 e. The Morgan fingerprint density at radius 2 is 1.75 bits per heavy atom. The summed E-state index contributed by atoms with van der Waals surface area (Å²) < 4.78 is 32.4. The number of carbonyl (C=O) groups excluding carboxylic acids is 3. The highest BCUT2D eigenvalue weighted by molar-refractivity contribution is 6.01. The minimum atomic E-state index is -1.83. The van der Waals surface area contributed by atoms with Gasteiger partial charge in [0.25, 0.3) is 5.91 Å². The summed E-state index contributed by atoms with van der Waals surface area (Å²) in [5.41, 5.74) is -1.02. The van der Waals surface area contributed by atoms with Gasteiger partial charge in [0.2, 0.25) is 6.10 Å². The first kappa shape index (κ1) is 44.8. The number of fused-ring (bicyclic) bond motifs is 5. The topological polar surface area (TPSA) is 188 Å². The predicted octanol–water partition coefficient (Wildman–Crippen LogP) is 4.08. The van der Waals surface area contributed by atoms with Crippen LogP contribution >= 0.6 is 0 Å². The van der Waals surface area contributed by atoms with Crippen LogP contribution in [0.5, 0.6) is 0 Å². The molecule has 2 aromatic rings. The maximum atomic E-state index is 14.5. The number of rotatable bonds is 6. The molecule has 14 atom stereocenters. The second kappa shape index (κ2) is 18.1. The number of likely N-dealkylation sites (N-methyl/N-ethyl adjacent to an activating group) is 1. The van der Waals surface area contributed by atoms with E-state index in [4.69, 9.17) is 33.5 Å². The van der Waals surface area contributed by atoms with Gasteiger partial charge in [-0.15, -0.1) is 0 Å². The Bertz CT molecular complexity index is 1920. The lowest BCUT2D eigenvalue weighted by Crippen LogP contribution is -2.60. The number of cyclic esters (lactones) is 1. The SMILES string of the molecule is CC[C@H]1OC(=O)[C@H](C)C(=O)[C@H](C)[C@@H](O[C@@H]2O[C@H](C)C[C@H](N(C)C)[C@H]2O)[C@@]2(C)C[C@@H](C)C3=NC(=O)C(Cc4cnc5ccccc5c4)O/N=C(\CO[C@@H]([C@@H]3C)[C@]1(C)O)CO2. The first-order valence-electron chi connectivity index (χ1n) is 20.9. The fourth-order valence-corrected chi connectivity index (χ4v) is 9.37. The fraction of sp³-hybridized carbons (Fsp3) is 0.682. The van der Waals surface area contributed by atoms with Gasteiger partial charge in [0.1, 0.15) is 29.4 Å². The number of ketones is 1. The molecule has 0 radical (unpaired) electrons. The standard InChI is InChI=1S/C44H62N4O11/c1-11-34-44(8,53)39-25(4)35-23(2)19-43(7,38(26(5)36(49)27(6)41(52)57-34)58-42-37(50)32(48(9)10)16-24(3)56-42)55-22-30(21-54-39)47-59-33(40(51)46-35)18-28-17-29-14-12-13-15-31(29)45-20-28/h12-15,17,20,23-27,32-34,37-39,42,50,53H,11,16,18-19,21-22H2,1-10H3/b46-35?,47-30+/t23-,24-,25-,26+,27-,32+,33?,34-,37-,38-,39+,42+,43-,44-/m1/s1. The molecule has 2 N–H and O–H groups in total. The minimum Gasteiger partial charge on any atom is -0.459 e. The van der Waals surface area contributed by atoms with Gasteiger partial charge in [0, 0.05) is 41.6 Å². The molecule has 15 nitrogen and oxygen atoms in total. The van der Waals surface area contributed by atoms with Crippen LogP contribution in [-0.4, -0.2) is 137 Å².